The Balaban J connectivity index is 1.59. The molecule has 4 nitrogen and oxygen atoms in total. The molecule has 0 aromatic heterocycles. The minimum absolute atomic E-state index is 0.0270. The summed E-state index contributed by atoms with van der Waals surface area (Å²) < 4.78 is 40.1. The van der Waals surface area contributed by atoms with Gasteiger partial charge in [-0.05, 0) is 49.2 Å². The summed E-state index contributed by atoms with van der Waals surface area (Å²) in [5.41, 5.74) is -0.103. The van der Waals surface area contributed by atoms with Gasteiger partial charge in [-0.25, -0.2) is 0 Å². The Hall–Kier alpha value is -2.12. The second kappa shape index (κ2) is 10.9. The molecule has 2 heterocycles. The number of carbonyl (C=O) groups excluding carboxylic acids is 1. The lowest BCUT2D eigenvalue weighted by molar-refractivity contribution is -0.142. The van der Waals surface area contributed by atoms with Crippen molar-refractivity contribution < 1.29 is 18.0 Å². The van der Waals surface area contributed by atoms with Crippen molar-refractivity contribution in [2.45, 2.75) is 71.6 Å². The number of rotatable bonds is 5. The van der Waals surface area contributed by atoms with Crippen LogP contribution in [0.3, 0.4) is 0 Å². The van der Waals surface area contributed by atoms with E-state index in [1.165, 1.54) is 12.2 Å². The Morgan fingerprint density at radius 3 is 2.35 bits per heavy atom. The second-order valence-electron chi connectivity index (χ2n) is 12.4. The molecule has 1 N–H and O–H groups in total. The van der Waals surface area contributed by atoms with Crippen LogP contribution in [0.2, 0.25) is 0 Å². The monoisotopic (exact) mass is 517 g/mol. The van der Waals surface area contributed by atoms with Gasteiger partial charge in [0, 0.05) is 43.6 Å². The molecular weight excluding hydrogens is 475 g/mol. The van der Waals surface area contributed by atoms with Crippen molar-refractivity contribution in [1.82, 2.24) is 15.1 Å². The number of hydrogen-bond acceptors (Lipinski definition) is 3. The minimum Gasteiger partial charge on any atom is -0.337 e. The van der Waals surface area contributed by atoms with E-state index in [2.05, 4.69) is 54.9 Å². The van der Waals surface area contributed by atoms with E-state index in [9.17, 15) is 18.0 Å². The molecule has 3 aliphatic rings. The SMILES string of the molecule is CC(C)(C)C1CN(C(c2ccccc2)C2(C)C=CC(C(F)(F)F)=CC2)CCN1C(=O)CC1CCNCC1. The average molecular weight is 518 g/mol. The first-order valence-corrected chi connectivity index (χ1v) is 13.6. The van der Waals surface area contributed by atoms with Crippen LogP contribution in [0.4, 0.5) is 13.2 Å². The average Bonchev–Trinajstić information content (AvgIpc) is 2.84. The third-order valence-corrected chi connectivity index (χ3v) is 8.49. The lowest BCUT2D eigenvalue weighted by Crippen LogP contribution is -2.61. The molecule has 1 aromatic carbocycles. The van der Waals surface area contributed by atoms with Gasteiger partial charge in [0.1, 0.15) is 0 Å². The number of benzene rings is 1. The first-order chi connectivity index (χ1) is 17.4. The maximum atomic E-state index is 13.5. The minimum atomic E-state index is -4.34. The summed E-state index contributed by atoms with van der Waals surface area (Å²) in [6.07, 6.45) is 3.01. The predicted octanol–water partition coefficient (Wildman–Crippen LogP) is 6.13. The second-order valence-corrected chi connectivity index (χ2v) is 12.4. The van der Waals surface area contributed by atoms with Gasteiger partial charge in [-0.1, -0.05) is 76.3 Å². The molecule has 0 spiro atoms. The maximum Gasteiger partial charge on any atom is 0.416 e. The fourth-order valence-corrected chi connectivity index (χ4v) is 6.33. The summed E-state index contributed by atoms with van der Waals surface area (Å²) in [6, 6.07) is 10.0. The highest BCUT2D eigenvalue weighted by Crippen LogP contribution is 2.48. The van der Waals surface area contributed by atoms with E-state index in [1.807, 2.05) is 18.2 Å². The molecule has 2 aliphatic heterocycles. The zero-order chi connectivity index (χ0) is 26.8. The lowest BCUT2D eigenvalue weighted by atomic mass is 9.71. The van der Waals surface area contributed by atoms with Gasteiger partial charge in [-0.2, -0.15) is 13.2 Å². The number of nitrogens with one attached hydrogen (secondary N) is 1. The van der Waals surface area contributed by atoms with Crippen LogP contribution in [0.15, 0.2) is 54.1 Å². The third-order valence-electron chi connectivity index (χ3n) is 8.49. The summed E-state index contributed by atoms with van der Waals surface area (Å²) in [5, 5.41) is 3.38. The Labute approximate surface area is 220 Å². The van der Waals surface area contributed by atoms with Crippen molar-refractivity contribution in [3.05, 3.63) is 59.7 Å². The fraction of sp³-hybridized carbons (Fsp3) is 0.633. The van der Waals surface area contributed by atoms with E-state index in [1.54, 1.807) is 6.08 Å². The van der Waals surface area contributed by atoms with Gasteiger partial charge in [0.25, 0.3) is 0 Å². The number of nitrogens with zero attached hydrogens (tertiary/aromatic N) is 2. The van der Waals surface area contributed by atoms with Gasteiger partial charge in [0.2, 0.25) is 5.91 Å². The largest absolute Gasteiger partial charge is 0.416 e. The number of alkyl halides is 3. The van der Waals surface area contributed by atoms with Crippen LogP contribution >= 0.6 is 0 Å². The molecule has 7 heteroatoms. The van der Waals surface area contributed by atoms with Crippen molar-refractivity contribution in [2.24, 2.45) is 16.7 Å². The lowest BCUT2D eigenvalue weighted by Gasteiger charge is -2.52. The van der Waals surface area contributed by atoms with Crippen LogP contribution in [0.5, 0.6) is 0 Å². The Morgan fingerprint density at radius 2 is 1.78 bits per heavy atom. The van der Waals surface area contributed by atoms with Gasteiger partial charge in [0.05, 0.1) is 5.57 Å². The van der Waals surface area contributed by atoms with Gasteiger partial charge in [-0.15, -0.1) is 0 Å². The third kappa shape index (κ3) is 6.48. The number of hydrogen-bond donors (Lipinski definition) is 1. The Bertz CT molecular complexity index is 992. The van der Waals surface area contributed by atoms with Crippen molar-refractivity contribution >= 4 is 5.91 Å². The van der Waals surface area contributed by atoms with Crippen LogP contribution in [-0.2, 0) is 4.79 Å². The molecule has 1 amide bonds. The highest BCUT2D eigenvalue weighted by Gasteiger charge is 2.45. The van der Waals surface area contributed by atoms with E-state index in [-0.39, 0.29) is 23.4 Å². The molecule has 0 radical (unpaired) electrons. The summed E-state index contributed by atoms with van der Waals surface area (Å²) in [6.45, 7) is 12.6. The molecule has 0 saturated carbocycles. The molecule has 2 saturated heterocycles. The normalized spacial score (nSPS) is 27.2. The first-order valence-electron chi connectivity index (χ1n) is 13.6. The van der Waals surface area contributed by atoms with Crippen LogP contribution in [-0.4, -0.2) is 60.6 Å². The van der Waals surface area contributed by atoms with E-state index >= 15 is 0 Å². The van der Waals surface area contributed by atoms with Crippen LogP contribution in [0.1, 0.15) is 65.0 Å². The molecule has 4 rings (SSSR count). The van der Waals surface area contributed by atoms with Gasteiger partial charge in [-0.3, -0.25) is 9.69 Å². The maximum absolute atomic E-state index is 13.5. The number of allylic oxidation sites excluding steroid dienone is 3. The van der Waals surface area contributed by atoms with Crippen molar-refractivity contribution in [3.8, 4) is 0 Å². The van der Waals surface area contributed by atoms with Crippen molar-refractivity contribution in [1.29, 1.82) is 0 Å². The molecule has 1 aliphatic carbocycles. The fourth-order valence-electron chi connectivity index (χ4n) is 6.33. The highest BCUT2D eigenvalue weighted by molar-refractivity contribution is 5.77. The van der Waals surface area contributed by atoms with Crippen LogP contribution < -0.4 is 5.32 Å². The zero-order valence-corrected chi connectivity index (χ0v) is 22.7. The smallest absolute Gasteiger partial charge is 0.337 e. The first kappa shape index (κ1) is 27.9. The molecule has 3 atom stereocenters. The number of halogens is 3. The summed E-state index contributed by atoms with van der Waals surface area (Å²) >= 11 is 0. The van der Waals surface area contributed by atoms with E-state index < -0.39 is 17.2 Å². The molecule has 2 fully saturated rings. The highest BCUT2D eigenvalue weighted by atomic mass is 19.4. The Kier molecular flexibility index (Phi) is 8.25. The summed E-state index contributed by atoms with van der Waals surface area (Å²) in [7, 11) is 0. The van der Waals surface area contributed by atoms with E-state index in [4.69, 9.17) is 0 Å². The molecule has 1 aromatic rings. The molecular formula is C30H42F3N3O. The topological polar surface area (TPSA) is 35.6 Å². The van der Waals surface area contributed by atoms with E-state index in [0.29, 0.717) is 38.4 Å². The van der Waals surface area contributed by atoms with Crippen LogP contribution in [0, 0.1) is 16.7 Å². The summed E-state index contributed by atoms with van der Waals surface area (Å²) in [4.78, 5) is 18.0. The number of piperidine rings is 1. The zero-order valence-electron chi connectivity index (χ0n) is 22.7. The molecule has 0 bridgehead atoms. The number of amides is 1. The van der Waals surface area contributed by atoms with Crippen molar-refractivity contribution in [3.63, 3.8) is 0 Å². The van der Waals surface area contributed by atoms with E-state index in [0.717, 1.165) is 31.5 Å². The van der Waals surface area contributed by atoms with Crippen LogP contribution in [0.25, 0.3) is 0 Å². The predicted molar refractivity (Wildman–Crippen MR) is 142 cm³/mol. The quantitative estimate of drug-likeness (QED) is 0.510. The standard InChI is InChI=1S/C30H42F3N3O/c1-28(2,3)25-21-35(18-19-36(25)26(37)20-22-12-16-34-17-13-22)27(23-8-6-5-7-9-23)29(4)14-10-24(11-15-29)30(31,32)33/h5-11,14,22,25,27,34H,12-13,15-21H2,1-4H3. The number of carbonyl (C=O) groups is 1. The van der Waals surface area contributed by atoms with Crippen molar-refractivity contribution in [2.75, 3.05) is 32.7 Å². The van der Waals surface area contributed by atoms with Gasteiger partial charge < -0.3 is 10.2 Å². The Morgan fingerprint density at radius 1 is 1.11 bits per heavy atom. The number of piperazine rings is 1. The van der Waals surface area contributed by atoms with Gasteiger partial charge >= 0.3 is 6.18 Å². The molecule has 37 heavy (non-hydrogen) atoms. The summed E-state index contributed by atoms with van der Waals surface area (Å²) in [5.74, 6) is 0.676. The van der Waals surface area contributed by atoms with Gasteiger partial charge in [0.15, 0.2) is 0 Å². The molecule has 3 unspecified atom stereocenters. The molecule has 204 valence electrons.